The number of halogens is 2. The molecule has 23 heavy (non-hydrogen) atoms. The minimum atomic E-state index is -0.822. The highest BCUT2D eigenvalue weighted by atomic mass is 35.5. The van der Waals surface area contributed by atoms with Crippen LogP contribution in [0.1, 0.15) is 39.3 Å². The fourth-order valence-electron chi connectivity index (χ4n) is 2.47. The van der Waals surface area contributed by atoms with E-state index < -0.39 is 17.7 Å². The Balaban J connectivity index is 2.39. The maximum Gasteiger partial charge on any atom is 0.411 e. The van der Waals surface area contributed by atoms with Gasteiger partial charge in [-0.3, -0.25) is 9.69 Å². The van der Waals surface area contributed by atoms with E-state index >= 15 is 0 Å². The Morgan fingerprint density at radius 2 is 1.83 bits per heavy atom. The van der Waals surface area contributed by atoms with Gasteiger partial charge in [0.2, 0.25) is 5.91 Å². The third kappa shape index (κ3) is 4.52. The van der Waals surface area contributed by atoms with E-state index in [-0.39, 0.29) is 11.9 Å². The van der Waals surface area contributed by atoms with Crippen LogP contribution < -0.4 is 5.32 Å². The molecule has 1 N–H and O–H groups in total. The summed E-state index contributed by atoms with van der Waals surface area (Å²) in [6, 6.07) is 3.85. The average Bonchev–Trinajstić information content (AvgIpc) is 2.34. The zero-order chi connectivity index (χ0) is 17.4. The molecule has 1 aliphatic heterocycles. The molecule has 1 aromatic carbocycles. The smallest absolute Gasteiger partial charge is 0.411 e. The fraction of sp³-hybridized carbons (Fsp3) is 0.500. The first kappa shape index (κ1) is 17.9. The molecular weight excluding hydrogens is 339 g/mol. The quantitative estimate of drug-likeness (QED) is 0.830. The van der Waals surface area contributed by atoms with Crippen LogP contribution in [0.3, 0.4) is 0 Å². The lowest BCUT2D eigenvalue weighted by molar-refractivity contribution is -0.130. The first-order chi connectivity index (χ1) is 10.6. The molecule has 0 bridgehead atoms. The van der Waals surface area contributed by atoms with Crippen molar-refractivity contribution in [1.82, 2.24) is 10.2 Å². The van der Waals surface area contributed by atoms with Crippen LogP contribution in [0.5, 0.6) is 0 Å². The van der Waals surface area contributed by atoms with Gasteiger partial charge in [-0.1, -0.05) is 23.2 Å². The lowest BCUT2D eigenvalue weighted by Crippen LogP contribution is -2.57. The van der Waals surface area contributed by atoms with E-state index in [1.165, 1.54) is 4.90 Å². The van der Waals surface area contributed by atoms with Gasteiger partial charge in [0, 0.05) is 22.6 Å². The van der Waals surface area contributed by atoms with E-state index in [0.29, 0.717) is 22.2 Å². The largest absolute Gasteiger partial charge is 0.444 e. The topological polar surface area (TPSA) is 58.6 Å². The summed E-state index contributed by atoms with van der Waals surface area (Å²) in [5, 5.41) is 3.65. The van der Waals surface area contributed by atoms with E-state index in [9.17, 15) is 9.59 Å². The number of hydrogen-bond acceptors (Lipinski definition) is 3. The Hall–Kier alpha value is -1.46. The lowest BCUT2D eigenvalue weighted by Gasteiger charge is -2.39. The molecule has 2 amide bonds. The molecule has 7 heteroatoms. The zero-order valence-corrected chi connectivity index (χ0v) is 15.0. The Kier molecular flexibility index (Phi) is 5.11. The highest BCUT2D eigenvalue weighted by Crippen LogP contribution is 2.30. The van der Waals surface area contributed by atoms with Crippen LogP contribution in [0.15, 0.2) is 18.2 Å². The van der Waals surface area contributed by atoms with E-state index in [2.05, 4.69) is 5.32 Å². The Bertz CT molecular complexity index is 608. The summed E-state index contributed by atoms with van der Waals surface area (Å²) in [4.78, 5) is 26.4. The molecule has 2 atom stereocenters. The van der Waals surface area contributed by atoms with Crippen LogP contribution in [0.25, 0.3) is 0 Å². The van der Waals surface area contributed by atoms with Gasteiger partial charge in [-0.05, 0) is 51.5 Å². The third-order valence-electron chi connectivity index (χ3n) is 3.25. The molecule has 0 saturated carbocycles. The van der Waals surface area contributed by atoms with Crippen LogP contribution >= 0.6 is 23.2 Å². The summed E-state index contributed by atoms with van der Waals surface area (Å²) in [6.45, 7) is 7.52. The van der Waals surface area contributed by atoms with Gasteiger partial charge in [-0.15, -0.1) is 0 Å². The zero-order valence-electron chi connectivity index (χ0n) is 13.5. The molecule has 5 nitrogen and oxygen atoms in total. The second kappa shape index (κ2) is 6.57. The summed E-state index contributed by atoms with van der Waals surface area (Å²) < 4.78 is 5.43. The number of rotatable bonds is 1. The summed E-state index contributed by atoms with van der Waals surface area (Å²) in [6.07, 6.45) is -0.541. The number of carbonyl (C=O) groups is 2. The molecule has 1 heterocycles. The van der Waals surface area contributed by atoms with Crippen molar-refractivity contribution in [2.75, 3.05) is 6.54 Å². The monoisotopic (exact) mass is 358 g/mol. The Labute approximate surface area is 145 Å². The summed E-state index contributed by atoms with van der Waals surface area (Å²) in [5.41, 5.74) is -0.0946. The number of nitrogens with zero attached hydrogens (tertiary/aromatic N) is 1. The second-order valence-electron chi connectivity index (χ2n) is 6.65. The molecular formula is C16H20Cl2N2O3. The Morgan fingerprint density at radius 1 is 1.26 bits per heavy atom. The van der Waals surface area contributed by atoms with E-state index in [4.69, 9.17) is 27.9 Å². The highest BCUT2D eigenvalue weighted by Gasteiger charge is 2.39. The van der Waals surface area contributed by atoms with Crippen molar-refractivity contribution in [1.29, 1.82) is 0 Å². The molecule has 0 spiro atoms. The molecule has 1 aliphatic rings. The van der Waals surface area contributed by atoms with Gasteiger partial charge in [0.05, 0.1) is 0 Å². The average molecular weight is 359 g/mol. The van der Waals surface area contributed by atoms with Gasteiger partial charge in [-0.25, -0.2) is 4.79 Å². The predicted octanol–water partition coefficient (Wildman–Crippen LogP) is 3.79. The van der Waals surface area contributed by atoms with Gasteiger partial charge in [0.15, 0.2) is 0 Å². The molecule has 0 unspecified atom stereocenters. The molecule has 0 aromatic heterocycles. The number of nitrogens with one attached hydrogen (secondary N) is 1. The van der Waals surface area contributed by atoms with E-state index in [0.717, 1.165) is 0 Å². The summed E-state index contributed by atoms with van der Waals surface area (Å²) in [5.74, 6) is -0.284. The maximum atomic E-state index is 12.5. The number of benzene rings is 1. The van der Waals surface area contributed by atoms with Gasteiger partial charge in [0.1, 0.15) is 11.6 Å². The minimum Gasteiger partial charge on any atom is -0.444 e. The number of ether oxygens (including phenoxy) is 1. The summed E-state index contributed by atoms with van der Waals surface area (Å²) >= 11 is 12.1. The number of amides is 2. The number of hydrogen-bond donors (Lipinski definition) is 1. The summed E-state index contributed by atoms with van der Waals surface area (Å²) in [7, 11) is 0. The SMILES string of the molecule is C[C@@H]1CN(C(=O)OC(C)(C)C)[C@H](c2cc(Cl)cc(Cl)c2)C(=O)N1. The van der Waals surface area contributed by atoms with Crippen LogP contribution in [-0.4, -0.2) is 35.1 Å². The normalized spacial score (nSPS) is 21.8. The van der Waals surface area contributed by atoms with Gasteiger partial charge in [-0.2, -0.15) is 0 Å². The first-order valence-electron chi connectivity index (χ1n) is 7.33. The van der Waals surface area contributed by atoms with Crippen molar-refractivity contribution in [2.24, 2.45) is 0 Å². The van der Waals surface area contributed by atoms with Crippen LogP contribution in [0.4, 0.5) is 4.79 Å². The molecule has 0 radical (unpaired) electrons. The second-order valence-corrected chi connectivity index (χ2v) is 7.52. The third-order valence-corrected chi connectivity index (χ3v) is 3.68. The van der Waals surface area contributed by atoms with Crippen LogP contribution in [-0.2, 0) is 9.53 Å². The van der Waals surface area contributed by atoms with Crippen molar-refractivity contribution in [2.45, 2.75) is 45.4 Å². The fourth-order valence-corrected chi connectivity index (χ4v) is 3.02. The number of carbonyl (C=O) groups excluding carboxylic acids is 2. The van der Waals surface area contributed by atoms with Crippen LogP contribution in [0.2, 0.25) is 10.0 Å². The first-order valence-corrected chi connectivity index (χ1v) is 8.08. The predicted molar refractivity (Wildman–Crippen MR) is 89.7 cm³/mol. The van der Waals surface area contributed by atoms with Crippen molar-refractivity contribution in [3.8, 4) is 0 Å². The maximum absolute atomic E-state index is 12.5. The lowest BCUT2D eigenvalue weighted by atomic mass is 10.0. The van der Waals surface area contributed by atoms with E-state index in [1.807, 2.05) is 6.92 Å². The van der Waals surface area contributed by atoms with E-state index in [1.54, 1.807) is 39.0 Å². The van der Waals surface area contributed by atoms with Crippen molar-refractivity contribution in [3.63, 3.8) is 0 Å². The highest BCUT2D eigenvalue weighted by molar-refractivity contribution is 6.34. The molecule has 2 rings (SSSR count). The molecule has 1 fully saturated rings. The molecule has 1 saturated heterocycles. The standard InChI is InChI=1S/C16H20Cl2N2O3/c1-9-8-20(15(22)23-16(2,3)4)13(14(21)19-9)10-5-11(17)7-12(18)6-10/h5-7,9,13H,8H2,1-4H3,(H,19,21)/t9-,13-/m1/s1. The van der Waals surface area contributed by atoms with Gasteiger partial charge >= 0.3 is 6.09 Å². The van der Waals surface area contributed by atoms with Crippen molar-refractivity contribution < 1.29 is 14.3 Å². The molecule has 0 aliphatic carbocycles. The van der Waals surface area contributed by atoms with Crippen molar-refractivity contribution in [3.05, 3.63) is 33.8 Å². The molecule has 126 valence electrons. The van der Waals surface area contributed by atoms with Gasteiger partial charge < -0.3 is 10.1 Å². The van der Waals surface area contributed by atoms with Crippen molar-refractivity contribution >= 4 is 35.2 Å². The van der Waals surface area contributed by atoms with Crippen LogP contribution in [0, 0.1) is 0 Å². The van der Waals surface area contributed by atoms with Gasteiger partial charge in [0.25, 0.3) is 0 Å². The molecule has 1 aromatic rings. The Morgan fingerprint density at radius 3 is 2.35 bits per heavy atom. The minimum absolute atomic E-state index is 0.166. The number of piperazine rings is 1.